The zero-order valence-electron chi connectivity index (χ0n) is 17.6. The van der Waals surface area contributed by atoms with Crippen LogP contribution >= 0.6 is 24.0 Å². The number of rotatable bonds is 5. The van der Waals surface area contributed by atoms with E-state index < -0.39 is 0 Å². The molecule has 1 N–H and O–H groups in total. The molecule has 0 spiro atoms. The van der Waals surface area contributed by atoms with E-state index in [4.69, 9.17) is 0 Å². The Morgan fingerprint density at radius 2 is 1.97 bits per heavy atom. The molecule has 158 valence electrons. The molecule has 1 atom stereocenters. The monoisotopic (exact) mass is 510 g/mol. The first kappa shape index (κ1) is 23.2. The second-order valence-electron chi connectivity index (χ2n) is 7.53. The highest BCUT2D eigenvalue weighted by atomic mass is 127. The number of carbonyl (C=O) groups excluding carboxylic acids is 1. The number of carbonyl (C=O) groups is 1. The van der Waals surface area contributed by atoms with Gasteiger partial charge in [0, 0.05) is 45.8 Å². The Labute approximate surface area is 190 Å². The number of guanidine groups is 1. The number of aryl methyl sites for hydroxylation is 1. The molecule has 1 fully saturated rings. The van der Waals surface area contributed by atoms with Crippen LogP contribution in [0.15, 0.2) is 47.7 Å². The Bertz CT molecular complexity index is 820. The number of aromatic nitrogens is 2. The van der Waals surface area contributed by atoms with E-state index in [1.165, 1.54) is 5.56 Å². The highest BCUT2D eigenvalue weighted by Crippen LogP contribution is 2.23. The van der Waals surface area contributed by atoms with Gasteiger partial charge in [-0.1, -0.05) is 44.2 Å². The van der Waals surface area contributed by atoms with Crippen molar-refractivity contribution in [2.75, 3.05) is 38.1 Å². The first-order valence-corrected chi connectivity index (χ1v) is 9.79. The van der Waals surface area contributed by atoms with Gasteiger partial charge in [0.15, 0.2) is 5.96 Å². The van der Waals surface area contributed by atoms with Gasteiger partial charge in [0.2, 0.25) is 5.91 Å². The van der Waals surface area contributed by atoms with Gasteiger partial charge in [-0.25, -0.2) is 0 Å². The van der Waals surface area contributed by atoms with Crippen LogP contribution < -0.4 is 10.2 Å². The average Bonchev–Trinajstić information content (AvgIpc) is 3.11. The largest absolute Gasteiger partial charge is 0.356 e. The minimum Gasteiger partial charge on any atom is -0.356 e. The van der Waals surface area contributed by atoms with Crippen molar-refractivity contribution in [1.82, 2.24) is 20.0 Å². The van der Waals surface area contributed by atoms with Crippen LogP contribution in [0.4, 0.5) is 5.69 Å². The number of hydrogen-bond donors (Lipinski definition) is 1. The highest BCUT2D eigenvalue weighted by Gasteiger charge is 2.28. The lowest BCUT2D eigenvalue weighted by atomic mass is 9.88. The summed E-state index contributed by atoms with van der Waals surface area (Å²) in [4.78, 5) is 20.9. The standard InChI is InChI=1S/C21H30N6O.HI/c1-16(2)19(17-8-6-5-7-9-17)13-23-21(22-3)26-10-11-27(20(28)15-26)18-12-24-25(4)14-18;/h5-9,12,14,16,19H,10-11,13,15H2,1-4H3,(H,22,23);1H. The topological polar surface area (TPSA) is 65.8 Å². The quantitative estimate of drug-likeness (QED) is 0.382. The van der Waals surface area contributed by atoms with Crippen molar-refractivity contribution in [2.45, 2.75) is 19.8 Å². The molecule has 8 heteroatoms. The Morgan fingerprint density at radius 1 is 1.24 bits per heavy atom. The summed E-state index contributed by atoms with van der Waals surface area (Å²) >= 11 is 0. The van der Waals surface area contributed by atoms with Gasteiger partial charge in [-0.05, 0) is 11.5 Å². The number of benzene rings is 1. The lowest BCUT2D eigenvalue weighted by Gasteiger charge is -2.36. The van der Waals surface area contributed by atoms with E-state index in [1.807, 2.05) is 24.2 Å². The number of piperazine rings is 1. The van der Waals surface area contributed by atoms with Gasteiger partial charge in [0.25, 0.3) is 0 Å². The fourth-order valence-electron chi connectivity index (χ4n) is 3.65. The van der Waals surface area contributed by atoms with Crippen LogP contribution in [0.3, 0.4) is 0 Å². The molecule has 1 aliphatic rings. The summed E-state index contributed by atoms with van der Waals surface area (Å²) in [6.45, 7) is 6.92. The molecule has 2 heterocycles. The maximum absolute atomic E-state index is 12.7. The number of anilines is 1. The van der Waals surface area contributed by atoms with Gasteiger partial charge in [-0.3, -0.25) is 14.5 Å². The van der Waals surface area contributed by atoms with Crippen LogP contribution in [0, 0.1) is 5.92 Å². The average molecular weight is 510 g/mol. The normalized spacial score (nSPS) is 16.0. The molecule has 1 aromatic carbocycles. The molecule has 1 amide bonds. The minimum atomic E-state index is 0. The van der Waals surface area contributed by atoms with Crippen molar-refractivity contribution in [3.8, 4) is 0 Å². The molecule has 29 heavy (non-hydrogen) atoms. The molecule has 7 nitrogen and oxygen atoms in total. The molecular weight excluding hydrogens is 479 g/mol. The van der Waals surface area contributed by atoms with Crippen molar-refractivity contribution in [3.05, 3.63) is 48.3 Å². The van der Waals surface area contributed by atoms with Crippen LogP contribution in [-0.4, -0.2) is 59.8 Å². The van der Waals surface area contributed by atoms with Gasteiger partial charge < -0.3 is 15.1 Å². The Morgan fingerprint density at radius 3 is 2.52 bits per heavy atom. The van der Waals surface area contributed by atoms with E-state index in [1.54, 1.807) is 22.8 Å². The predicted molar refractivity (Wildman–Crippen MR) is 128 cm³/mol. The third kappa shape index (κ3) is 5.71. The first-order chi connectivity index (χ1) is 13.5. The number of halogens is 1. The van der Waals surface area contributed by atoms with Crippen LogP contribution in [0.2, 0.25) is 0 Å². The maximum atomic E-state index is 12.7. The summed E-state index contributed by atoms with van der Waals surface area (Å²) in [6, 6.07) is 10.5. The molecular formula is C21H31IN6O. The molecule has 2 aromatic rings. The van der Waals surface area contributed by atoms with Gasteiger partial charge in [-0.2, -0.15) is 5.10 Å². The van der Waals surface area contributed by atoms with Crippen molar-refractivity contribution < 1.29 is 4.79 Å². The molecule has 1 aliphatic heterocycles. The number of nitrogens with one attached hydrogen (secondary N) is 1. The predicted octanol–water partition coefficient (Wildman–Crippen LogP) is 2.70. The molecule has 0 radical (unpaired) electrons. The van der Waals surface area contributed by atoms with Crippen LogP contribution in [0.1, 0.15) is 25.3 Å². The van der Waals surface area contributed by atoms with E-state index in [0.717, 1.165) is 24.7 Å². The lowest BCUT2D eigenvalue weighted by molar-refractivity contribution is -0.120. The number of nitrogens with zero attached hydrogens (tertiary/aromatic N) is 5. The van der Waals surface area contributed by atoms with Gasteiger partial charge in [-0.15, -0.1) is 24.0 Å². The summed E-state index contributed by atoms with van der Waals surface area (Å²) < 4.78 is 1.71. The molecule has 0 aliphatic carbocycles. The second-order valence-corrected chi connectivity index (χ2v) is 7.53. The Balaban J connectivity index is 0.00000300. The first-order valence-electron chi connectivity index (χ1n) is 9.79. The van der Waals surface area contributed by atoms with Crippen LogP contribution in [0.5, 0.6) is 0 Å². The number of amides is 1. The minimum absolute atomic E-state index is 0. The summed E-state index contributed by atoms with van der Waals surface area (Å²) in [5, 5.41) is 7.65. The van der Waals surface area contributed by atoms with E-state index >= 15 is 0 Å². The maximum Gasteiger partial charge on any atom is 0.246 e. The Kier molecular flexibility index (Phi) is 8.48. The van der Waals surface area contributed by atoms with Crippen molar-refractivity contribution in [3.63, 3.8) is 0 Å². The van der Waals surface area contributed by atoms with Crippen molar-refractivity contribution in [1.29, 1.82) is 0 Å². The van der Waals surface area contributed by atoms with Gasteiger partial charge in [0.05, 0.1) is 11.9 Å². The summed E-state index contributed by atoms with van der Waals surface area (Å²) in [7, 11) is 3.63. The zero-order valence-corrected chi connectivity index (χ0v) is 19.9. The summed E-state index contributed by atoms with van der Waals surface area (Å²) in [5.41, 5.74) is 2.16. The molecule has 3 rings (SSSR count). The Hall–Kier alpha value is -2.10. The number of hydrogen-bond acceptors (Lipinski definition) is 3. The number of aliphatic imine (C=N–C) groups is 1. The smallest absolute Gasteiger partial charge is 0.246 e. The third-order valence-electron chi connectivity index (χ3n) is 5.25. The van der Waals surface area contributed by atoms with Crippen molar-refractivity contribution >= 4 is 41.5 Å². The van der Waals surface area contributed by atoms with E-state index in [9.17, 15) is 4.79 Å². The van der Waals surface area contributed by atoms with Gasteiger partial charge >= 0.3 is 0 Å². The van der Waals surface area contributed by atoms with Crippen LogP contribution in [-0.2, 0) is 11.8 Å². The fourth-order valence-corrected chi connectivity index (χ4v) is 3.65. The summed E-state index contributed by atoms with van der Waals surface area (Å²) in [5.74, 6) is 1.72. The zero-order chi connectivity index (χ0) is 20.1. The van der Waals surface area contributed by atoms with E-state index in [2.05, 4.69) is 53.5 Å². The third-order valence-corrected chi connectivity index (χ3v) is 5.25. The lowest BCUT2D eigenvalue weighted by Crippen LogP contribution is -2.55. The van der Waals surface area contributed by atoms with E-state index in [0.29, 0.717) is 24.9 Å². The molecule has 0 saturated carbocycles. The summed E-state index contributed by atoms with van der Waals surface area (Å²) in [6.07, 6.45) is 3.60. The van der Waals surface area contributed by atoms with Crippen molar-refractivity contribution in [2.24, 2.45) is 18.0 Å². The molecule has 1 aromatic heterocycles. The SMILES string of the molecule is CN=C(NCC(c1ccccc1)C(C)C)N1CCN(c2cnn(C)c2)C(=O)C1.I. The van der Waals surface area contributed by atoms with E-state index in [-0.39, 0.29) is 29.9 Å². The highest BCUT2D eigenvalue weighted by molar-refractivity contribution is 14.0. The van der Waals surface area contributed by atoms with Gasteiger partial charge in [0.1, 0.15) is 6.54 Å². The molecule has 0 bridgehead atoms. The molecule has 1 saturated heterocycles. The van der Waals surface area contributed by atoms with Crippen LogP contribution in [0.25, 0.3) is 0 Å². The molecule has 1 unspecified atom stereocenters. The second kappa shape index (κ2) is 10.6. The fraction of sp³-hybridized carbons (Fsp3) is 0.476.